The largest absolute Gasteiger partial charge is 0.411 e. The molecule has 4 nitrogen and oxygen atoms in total. The van der Waals surface area contributed by atoms with Crippen LogP contribution in [0.2, 0.25) is 0 Å². The molecule has 0 heterocycles. The molecule has 21 heavy (non-hydrogen) atoms. The molecule has 0 spiro atoms. The lowest BCUT2D eigenvalue weighted by atomic mass is 9.96. The summed E-state index contributed by atoms with van der Waals surface area (Å²) in [7, 11) is 0. The van der Waals surface area contributed by atoms with Crippen molar-refractivity contribution in [1.29, 1.82) is 0 Å². The summed E-state index contributed by atoms with van der Waals surface area (Å²) in [5, 5.41) is 6.55. The van der Waals surface area contributed by atoms with Crippen LogP contribution >= 0.6 is 0 Å². The molecule has 0 atom stereocenters. The van der Waals surface area contributed by atoms with Gasteiger partial charge in [0.25, 0.3) is 0 Å². The van der Waals surface area contributed by atoms with Crippen LogP contribution in [0, 0.1) is 0 Å². The van der Waals surface area contributed by atoms with Gasteiger partial charge in [0.2, 0.25) is 0 Å². The van der Waals surface area contributed by atoms with E-state index in [-0.39, 0.29) is 6.61 Å². The van der Waals surface area contributed by atoms with Crippen molar-refractivity contribution in [3.8, 4) is 0 Å². The fourth-order valence-corrected chi connectivity index (χ4v) is 2.31. The quantitative estimate of drug-likeness (QED) is 0.432. The lowest BCUT2D eigenvalue weighted by Crippen LogP contribution is -2.44. The molecule has 1 rings (SSSR count). The van der Waals surface area contributed by atoms with E-state index in [4.69, 9.17) is 0 Å². The summed E-state index contributed by atoms with van der Waals surface area (Å²) in [6.45, 7) is 2.11. The molecule has 0 bridgehead atoms. The van der Waals surface area contributed by atoms with E-state index in [1.54, 1.807) is 0 Å². The summed E-state index contributed by atoms with van der Waals surface area (Å²) in [5.41, 5.74) is 0. The molecule has 0 aromatic rings. The lowest BCUT2D eigenvalue weighted by Gasteiger charge is -2.24. The number of hydrogen-bond acceptors (Lipinski definition) is 2. The molecule has 0 saturated heterocycles. The number of ether oxygens (including phenoxy) is 1. The Kier molecular flexibility index (Phi) is 8.49. The fourth-order valence-electron chi connectivity index (χ4n) is 2.31. The van der Waals surface area contributed by atoms with E-state index in [0.717, 1.165) is 25.3 Å². The zero-order chi connectivity index (χ0) is 15.6. The second-order valence-electron chi connectivity index (χ2n) is 5.26. The second-order valence-corrected chi connectivity index (χ2v) is 5.26. The highest BCUT2D eigenvalue weighted by atomic mass is 19.4. The van der Waals surface area contributed by atoms with Crippen molar-refractivity contribution < 1.29 is 17.9 Å². The molecule has 0 radical (unpaired) electrons. The van der Waals surface area contributed by atoms with Gasteiger partial charge in [0.1, 0.15) is 6.61 Å². The molecule has 0 aromatic heterocycles. The van der Waals surface area contributed by atoms with Gasteiger partial charge in [-0.15, -0.1) is 0 Å². The third-order valence-corrected chi connectivity index (χ3v) is 3.27. The smallest absolute Gasteiger partial charge is 0.372 e. The highest BCUT2D eigenvalue weighted by Crippen LogP contribution is 2.17. The Labute approximate surface area is 124 Å². The molecule has 0 aromatic carbocycles. The molecule has 1 aliphatic carbocycles. The first-order valence-corrected chi connectivity index (χ1v) is 7.70. The molecule has 1 aliphatic rings. The minimum absolute atomic E-state index is 0.0752. The van der Waals surface area contributed by atoms with Crippen LogP contribution in [0.1, 0.15) is 45.4 Å². The number of guanidine groups is 1. The first-order chi connectivity index (χ1) is 10.0. The molecular formula is C14H26F3N3O. The Morgan fingerprint density at radius 1 is 1.24 bits per heavy atom. The number of rotatable bonds is 7. The number of aliphatic imine (C=N–C) groups is 1. The van der Waals surface area contributed by atoms with Gasteiger partial charge in [-0.3, -0.25) is 4.99 Å². The SMILES string of the molecule is CCNC(=NCCCOCC(F)(F)F)NC1CCCCC1. The van der Waals surface area contributed by atoms with Gasteiger partial charge in [0.05, 0.1) is 0 Å². The minimum atomic E-state index is -4.25. The average Bonchev–Trinajstić information content (AvgIpc) is 2.43. The molecule has 7 heteroatoms. The zero-order valence-electron chi connectivity index (χ0n) is 12.6. The lowest BCUT2D eigenvalue weighted by molar-refractivity contribution is -0.173. The highest BCUT2D eigenvalue weighted by Gasteiger charge is 2.27. The Morgan fingerprint density at radius 3 is 2.57 bits per heavy atom. The number of nitrogens with one attached hydrogen (secondary N) is 2. The number of halogens is 3. The Hall–Kier alpha value is -0.980. The third kappa shape index (κ3) is 9.55. The molecule has 1 fully saturated rings. The number of hydrogen-bond donors (Lipinski definition) is 2. The van der Waals surface area contributed by atoms with Gasteiger partial charge in [-0.1, -0.05) is 19.3 Å². The number of nitrogens with zero attached hydrogens (tertiary/aromatic N) is 1. The van der Waals surface area contributed by atoms with Crippen molar-refractivity contribution in [2.24, 2.45) is 4.99 Å². The molecule has 124 valence electrons. The van der Waals surface area contributed by atoms with Crippen molar-refractivity contribution in [2.45, 2.75) is 57.7 Å². The predicted octanol–water partition coefficient (Wildman–Crippen LogP) is 2.84. The third-order valence-electron chi connectivity index (χ3n) is 3.27. The molecule has 1 saturated carbocycles. The molecule has 0 amide bonds. The van der Waals surface area contributed by atoms with E-state index in [2.05, 4.69) is 20.4 Å². The molecule has 0 unspecified atom stereocenters. The van der Waals surface area contributed by atoms with Crippen LogP contribution in [0.3, 0.4) is 0 Å². The van der Waals surface area contributed by atoms with Crippen LogP contribution < -0.4 is 10.6 Å². The van der Waals surface area contributed by atoms with Gasteiger partial charge in [-0.25, -0.2) is 0 Å². The summed E-state index contributed by atoms with van der Waals surface area (Å²) in [4.78, 5) is 4.37. The summed E-state index contributed by atoms with van der Waals surface area (Å²) >= 11 is 0. The highest BCUT2D eigenvalue weighted by molar-refractivity contribution is 5.80. The van der Waals surface area contributed by atoms with Crippen molar-refractivity contribution in [3.63, 3.8) is 0 Å². The minimum Gasteiger partial charge on any atom is -0.372 e. The Balaban J connectivity index is 2.21. The van der Waals surface area contributed by atoms with Gasteiger partial charge in [0, 0.05) is 25.7 Å². The van der Waals surface area contributed by atoms with Crippen LogP contribution in [-0.4, -0.2) is 44.5 Å². The van der Waals surface area contributed by atoms with Crippen molar-refractivity contribution in [2.75, 3.05) is 26.3 Å². The van der Waals surface area contributed by atoms with Crippen LogP contribution in [0.4, 0.5) is 13.2 Å². The zero-order valence-corrected chi connectivity index (χ0v) is 12.6. The predicted molar refractivity (Wildman–Crippen MR) is 77.5 cm³/mol. The van der Waals surface area contributed by atoms with Gasteiger partial charge < -0.3 is 15.4 Å². The standard InChI is InChI=1S/C14H26F3N3O/c1-2-18-13(20-12-7-4-3-5-8-12)19-9-6-10-21-11-14(15,16)17/h12H,2-11H2,1H3,(H2,18,19,20). The van der Waals surface area contributed by atoms with Crippen LogP contribution in [-0.2, 0) is 4.74 Å². The Morgan fingerprint density at radius 2 is 1.95 bits per heavy atom. The van der Waals surface area contributed by atoms with Crippen molar-refractivity contribution in [1.82, 2.24) is 10.6 Å². The first-order valence-electron chi connectivity index (χ1n) is 7.70. The fraction of sp³-hybridized carbons (Fsp3) is 0.929. The topological polar surface area (TPSA) is 45.7 Å². The van der Waals surface area contributed by atoms with Crippen LogP contribution in [0.15, 0.2) is 4.99 Å². The van der Waals surface area contributed by atoms with Gasteiger partial charge >= 0.3 is 6.18 Å². The van der Waals surface area contributed by atoms with Crippen molar-refractivity contribution in [3.05, 3.63) is 0 Å². The van der Waals surface area contributed by atoms with E-state index < -0.39 is 12.8 Å². The molecular weight excluding hydrogens is 283 g/mol. The van der Waals surface area contributed by atoms with Gasteiger partial charge in [0.15, 0.2) is 5.96 Å². The van der Waals surface area contributed by atoms with Gasteiger partial charge in [-0.2, -0.15) is 13.2 Å². The van der Waals surface area contributed by atoms with Crippen molar-refractivity contribution >= 4 is 5.96 Å². The second kappa shape index (κ2) is 9.87. The van der Waals surface area contributed by atoms with E-state index >= 15 is 0 Å². The normalized spacial score (nSPS) is 17.8. The maximum Gasteiger partial charge on any atom is 0.411 e. The van der Waals surface area contributed by atoms with E-state index in [1.165, 1.54) is 19.3 Å². The van der Waals surface area contributed by atoms with E-state index in [0.29, 0.717) is 19.0 Å². The molecule has 0 aliphatic heterocycles. The van der Waals surface area contributed by atoms with Crippen LogP contribution in [0.25, 0.3) is 0 Å². The van der Waals surface area contributed by atoms with Gasteiger partial charge in [-0.05, 0) is 26.2 Å². The summed E-state index contributed by atoms with van der Waals surface area (Å²) in [6, 6.07) is 0.457. The Bertz CT molecular complexity index is 302. The first kappa shape index (κ1) is 18.1. The van der Waals surface area contributed by atoms with Crippen LogP contribution in [0.5, 0.6) is 0 Å². The summed E-state index contributed by atoms with van der Waals surface area (Å²) in [6.07, 6.45) is 2.31. The monoisotopic (exact) mass is 309 g/mol. The van der Waals surface area contributed by atoms with E-state index in [9.17, 15) is 13.2 Å². The maximum atomic E-state index is 11.9. The number of alkyl halides is 3. The molecule has 2 N–H and O–H groups in total. The van der Waals surface area contributed by atoms with E-state index in [1.807, 2.05) is 6.92 Å². The average molecular weight is 309 g/mol. The summed E-state index contributed by atoms with van der Waals surface area (Å²) in [5.74, 6) is 0.750. The maximum absolute atomic E-state index is 11.9. The summed E-state index contributed by atoms with van der Waals surface area (Å²) < 4.78 is 40.2.